The Hall–Kier alpha value is -3.74. The molecule has 0 spiro atoms. The fraction of sp³-hybridized carbons (Fsp3) is 0.321. The van der Waals surface area contributed by atoms with E-state index in [2.05, 4.69) is 10.3 Å². The molecule has 0 radical (unpaired) electrons. The summed E-state index contributed by atoms with van der Waals surface area (Å²) in [6.07, 6.45) is 2.56. The molecule has 0 unspecified atom stereocenters. The van der Waals surface area contributed by atoms with E-state index in [-0.39, 0.29) is 17.6 Å². The van der Waals surface area contributed by atoms with Crippen LogP contribution in [0.4, 0.5) is 4.39 Å². The quantitative estimate of drug-likeness (QED) is 0.518. The van der Waals surface area contributed by atoms with Crippen molar-refractivity contribution in [3.8, 4) is 5.75 Å². The number of carbonyl (C=O) groups is 2. The zero-order valence-corrected chi connectivity index (χ0v) is 20.0. The summed E-state index contributed by atoms with van der Waals surface area (Å²) in [6.45, 7) is 4.60. The lowest BCUT2D eigenvalue weighted by molar-refractivity contribution is -0.133. The maximum atomic E-state index is 14.1. The highest BCUT2D eigenvalue weighted by Crippen LogP contribution is 2.38. The summed E-state index contributed by atoms with van der Waals surface area (Å²) in [4.78, 5) is 31.6. The zero-order valence-electron chi connectivity index (χ0n) is 20.0. The van der Waals surface area contributed by atoms with E-state index in [1.54, 1.807) is 17.2 Å². The van der Waals surface area contributed by atoms with Gasteiger partial charge >= 0.3 is 0 Å². The van der Waals surface area contributed by atoms with Gasteiger partial charge in [-0.05, 0) is 65.9 Å². The second-order valence-corrected chi connectivity index (χ2v) is 8.56. The first-order chi connectivity index (χ1) is 17.0. The molecule has 2 aromatic carbocycles. The number of fused-ring (bicyclic) bond motifs is 1. The van der Waals surface area contributed by atoms with E-state index in [9.17, 15) is 14.0 Å². The lowest BCUT2D eigenvalue weighted by atomic mass is 9.87. The van der Waals surface area contributed by atoms with Crippen molar-refractivity contribution in [2.24, 2.45) is 0 Å². The maximum absolute atomic E-state index is 14.1. The van der Waals surface area contributed by atoms with Crippen LogP contribution in [0.3, 0.4) is 0 Å². The summed E-state index contributed by atoms with van der Waals surface area (Å²) in [7, 11) is 0. The van der Waals surface area contributed by atoms with E-state index in [1.165, 1.54) is 12.1 Å². The van der Waals surface area contributed by atoms with Gasteiger partial charge in [0.15, 0.2) is 6.10 Å². The Labute approximate surface area is 205 Å². The molecule has 0 bridgehead atoms. The van der Waals surface area contributed by atoms with Crippen molar-refractivity contribution in [2.75, 3.05) is 6.54 Å². The predicted octanol–water partition coefficient (Wildman–Crippen LogP) is 4.58. The highest BCUT2D eigenvalue weighted by atomic mass is 19.1. The Bertz CT molecular complexity index is 1190. The molecule has 0 saturated carbocycles. The average Bonchev–Trinajstić information content (AvgIpc) is 2.89. The number of aromatic nitrogens is 1. The van der Waals surface area contributed by atoms with Crippen LogP contribution in [0.2, 0.25) is 0 Å². The number of amides is 2. The number of nitrogens with zero attached hydrogens (tertiary/aromatic N) is 2. The Morgan fingerprint density at radius 1 is 1.14 bits per heavy atom. The van der Waals surface area contributed by atoms with E-state index in [4.69, 9.17) is 4.74 Å². The van der Waals surface area contributed by atoms with Crippen LogP contribution in [0.25, 0.3) is 0 Å². The lowest BCUT2D eigenvalue weighted by Crippen LogP contribution is -2.40. The molecule has 0 fully saturated rings. The molecule has 35 heavy (non-hydrogen) atoms. The molecule has 0 saturated heterocycles. The van der Waals surface area contributed by atoms with E-state index < -0.39 is 12.1 Å². The largest absolute Gasteiger partial charge is 0.481 e. The third-order valence-corrected chi connectivity index (χ3v) is 6.24. The van der Waals surface area contributed by atoms with Gasteiger partial charge < -0.3 is 15.0 Å². The van der Waals surface area contributed by atoms with Crippen LogP contribution in [0.5, 0.6) is 5.75 Å². The molecule has 2 amide bonds. The van der Waals surface area contributed by atoms with Gasteiger partial charge in [-0.2, -0.15) is 0 Å². The molecule has 3 aromatic rings. The highest BCUT2D eigenvalue weighted by molar-refractivity contribution is 5.81. The second kappa shape index (κ2) is 11.1. The molecule has 7 heteroatoms. The molecule has 2 heterocycles. The number of pyridine rings is 1. The Morgan fingerprint density at radius 3 is 2.71 bits per heavy atom. The van der Waals surface area contributed by atoms with Crippen LogP contribution >= 0.6 is 0 Å². The summed E-state index contributed by atoms with van der Waals surface area (Å²) in [5.74, 6) is -0.0192. The summed E-state index contributed by atoms with van der Waals surface area (Å²) in [5.41, 5.74) is 3.46. The van der Waals surface area contributed by atoms with Crippen molar-refractivity contribution in [1.29, 1.82) is 0 Å². The van der Waals surface area contributed by atoms with Gasteiger partial charge in [0.05, 0.1) is 18.3 Å². The molecular weight excluding hydrogens is 445 g/mol. The lowest BCUT2D eigenvalue weighted by Gasteiger charge is -2.38. The minimum Gasteiger partial charge on any atom is -0.481 e. The smallest absolute Gasteiger partial charge is 0.261 e. The third-order valence-electron chi connectivity index (χ3n) is 6.24. The fourth-order valence-corrected chi connectivity index (χ4v) is 4.46. The minimum atomic E-state index is -0.679. The molecule has 0 aliphatic carbocycles. The SMILES string of the molecule is CCC(=O)N1CCc2ccc(O[C@H](CC)C(=O)NCc3ccccn3)cc2[C@@H]1c1cccc(F)c1. The van der Waals surface area contributed by atoms with E-state index in [1.807, 2.05) is 56.3 Å². The average molecular weight is 476 g/mol. The number of benzene rings is 2. The Morgan fingerprint density at radius 2 is 2.00 bits per heavy atom. The highest BCUT2D eigenvalue weighted by Gasteiger charge is 2.32. The number of halogens is 1. The molecular formula is C28H30FN3O3. The van der Waals surface area contributed by atoms with Crippen molar-refractivity contribution in [1.82, 2.24) is 15.2 Å². The summed E-state index contributed by atoms with van der Waals surface area (Å²) < 4.78 is 20.2. The van der Waals surface area contributed by atoms with Gasteiger partial charge in [0.25, 0.3) is 5.91 Å². The topological polar surface area (TPSA) is 71.5 Å². The van der Waals surface area contributed by atoms with Gasteiger partial charge in [-0.1, -0.05) is 38.1 Å². The number of hydrogen-bond donors (Lipinski definition) is 1. The summed E-state index contributed by atoms with van der Waals surface area (Å²) in [5, 5.41) is 2.88. The van der Waals surface area contributed by atoms with Crippen molar-refractivity contribution < 1.29 is 18.7 Å². The van der Waals surface area contributed by atoms with E-state index in [0.717, 1.165) is 16.8 Å². The van der Waals surface area contributed by atoms with Gasteiger partial charge in [-0.3, -0.25) is 14.6 Å². The van der Waals surface area contributed by atoms with Gasteiger partial charge in [0, 0.05) is 19.2 Å². The van der Waals surface area contributed by atoms with Gasteiger partial charge in [0.2, 0.25) is 5.91 Å². The molecule has 2 atom stereocenters. The van der Waals surface area contributed by atoms with Crippen LogP contribution in [-0.2, 0) is 22.6 Å². The first-order valence-corrected chi connectivity index (χ1v) is 12.0. The molecule has 1 N–H and O–H groups in total. The van der Waals surface area contributed by atoms with Gasteiger partial charge in [-0.15, -0.1) is 0 Å². The molecule has 1 aliphatic heterocycles. The van der Waals surface area contributed by atoms with Crippen molar-refractivity contribution in [2.45, 2.75) is 51.8 Å². The number of carbonyl (C=O) groups excluding carboxylic acids is 2. The molecule has 6 nitrogen and oxygen atoms in total. The monoisotopic (exact) mass is 475 g/mol. The Kier molecular flexibility index (Phi) is 7.75. The summed E-state index contributed by atoms with van der Waals surface area (Å²) in [6, 6.07) is 17.2. The van der Waals surface area contributed by atoms with E-state index in [0.29, 0.717) is 43.7 Å². The van der Waals surface area contributed by atoms with Gasteiger partial charge in [0.1, 0.15) is 11.6 Å². The second-order valence-electron chi connectivity index (χ2n) is 8.56. The number of ether oxygens (including phenoxy) is 1. The van der Waals surface area contributed by atoms with Crippen molar-refractivity contribution >= 4 is 11.8 Å². The first kappa shape index (κ1) is 24.4. The maximum Gasteiger partial charge on any atom is 0.261 e. The predicted molar refractivity (Wildman–Crippen MR) is 131 cm³/mol. The van der Waals surface area contributed by atoms with Crippen LogP contribution in [0.1, 0.15) is 55.1 Å². The number of hydrogen-bond acceptors (Lipinski definition) is 4. The van der Waals surface area contributed by atoms with Gasteiger partial charge in [-0.25, -0.2) is 4.39 Å². The minimum absolute atomic E-state index is 0.0107. The van der Waals surface area contributed by atoms with Crippen LogP contribution in [0, 0.1) is 5.82 Å². The van der Waals surface area contributed by atoms with Crippen LogP contribution < -0.4 is 10.1 Å². The van der Waals surface area contributed by atoms with Crippen molar-refractivity contribution in [3.63, 3.8) is 0 Å². The normalized spacial score (nSPS) is 15.7. The molecule has 1 aromatic heterocycles. The first-order valence-electron chi connectivity index (χ1n) is 12.0. The molecule has 1 aliphatic rings. The van der Waals surface area contributed by atoms with E-state index >= 15 is 0 Å². The van der Waals surface area contributed by atoms with Crippen LogP contribution in [0.15, 0.2) is 66.9 Å². The summed E-state index contributed by atoms with van der Waals surface area (Å²) >= 11 is 0. The number of rotatable bonds is 8. The Balaban J connectivity index is 1.58. The number of nitrogens with one attached hydrogen (secondary N) is 1. The standard InChI is InChI=1S/C28H30FN3O3/c1-3-25(28(34)31-18-22-10-5-6-14-30-22)35-23-12-11-19-13-15-32(26(33)4-2)27(24(19)17-23)20-8-7-9-21(29)16-20/h5-12,14,16-17,25,27H,3-4,13,15,18H2,1-2H3,(H,31,34)/t25-,27+/m1/s1. The van der Waals surface area contributed by atoms with Crippen LogP contribution in [-0.4, -0.2) is 34.3 Å². The molecule has 182 valence electrons. The zero-order chi connectivity index (χ0) is 24.8. The van der Waals surface area contributed by atoms with Crippen molar-refractivity contribution in [3.05, 3.63) is 95.1 Å². The molecule has 4 rings (SSSR count). The fourth-order valence-electron chi connectivity index (χ4n) is 4.46. The third kappa shape index (κ3) is 5.67.